The van der Waals surface area contributed by atoms with Crippen LogP contribution in [0.4, 0.5) is 10.6 Å². The van der Waals surface area contributed by atoms with Crippen LogP contribution in [0.1, 0.15) is 45.4 Å². The van der Waals surface area contributed by atoms with Crippen LogP contribution in [0.5, 0.6) is 0 Å². The van der Waals surface area contributed by atoms with Gasteiger partial charge in [0, 0.05) is 25.8 Å². The molecule has 0 aliphatic heterocycles. The van der Waals surface area contributed by atoms with Crippen molar-refractivity contribution in [1.29, 1.82) is 0 Å². The number of aliphatic hydroxyl groups excluding tert-OH is 1. The SMILES string of the molecule is CCCn1nccc1NC(=O)NCC1(CCO)CCCC1. The Morgan fingerprint density at radius 1 is 1.48 bits per heavy atom. The van der Waals surface area contributed by atoms with Crippen molar-refractivity contribution in [1.82, 2.24) is 15.1 Å². The topological polar surface area (TPSA) is 79.2 Å². The zero-order valence-electron chi connectivity index (χ0n) is 12.8. The third kappa shape index (κ3) is 4.20. The molecule has 1 aromatic rings. The molecule has 0 radical (unpaired) electrons. The van der Waals surface area contributed by atoms with E-state index in [1.807, 2.05) is 0 Å². The van der Waals surface area contributed by atoms with Crippen LogP contribution in [-0.2, 0) is 6.54 Å². The average molecular weight is 294 g/mol. The lowest BCUT2D eigenvalue weighted by Crippen LogP contribution is -2.39. The molecular formula is C15H26N4O2. The Morgan fingerprint density at radius 3 is 2.90 bits per heavy atom. The van der Waals surface area contributed by atoms with Crippen LogP contribution in [0, 0.1) is 5.41 Å². The monoisotopic (exact) mass is 294 g/mol. The second-order valence-electron chi connectivity index (χ2n) is 5.93. The fourth-order valence-corrected chi connectivity index (χ4v) is 3.13. The molecule has 0 bridgehead atoms. The van der Waals surface area contributed by atoms with Crippen molar-refractivity contribution in [3.05, 3.63) is 12.3 Å². The fourth-order valence-electron chi connectivity index (χ4n) is 3.13. The number of anilines is 1. The van der Waals surface area contributed by atoms with Crippen LogP contribution in [0.15, 0.2) is 12.3 Å². The maximum absolute atomic E-state index is 12.0. The van der Waals surface area contributed by atoms with E-state index in [1.54, 1.807) is 16.9 Å². The van der Waals surface area contributed by atoms with Crippen LogP contribution in [0.25, 0.3) is 0 Å². The van der Waals surface area contributed by atoms with E-state index < -0.39 is 0 Å². The molecule has 1 aliphatic carbocycles. The first-order valence-corrected chi connectivity index (χ1v) is 7.87. The Morgan fingerprint density at radius 2 is 2.24 bits per heavy atom. The van der Waals surface area contributed by atoms with Crippen molar-refractivity contribution >= 4 is 11.8 Å². The number of nitrogens with zero attached hydrogens (tertiary/aromatic N) is 2. The molecule has 1 fully saturated rings. The van der Waals surface area contributed by atoms with Gasteiger partial charge in [0.15, 0.2) is 0 Å². The molecule has 1 saturated carbocycles. The van der Waals surface area contributed by atoms with Gasteiger partial charge in [0.05, 0.1) is 6.20 Å². The Hall–Kier alpha value is -1.56. The van der Waals surface area contributed by atoms with Gasteiger partial charge in [0.1, 0.15) is 5.82 Å². The predicted molar refractivity (Wildman–Crippen MR) is 82.1 cm³/mol. The van der Waals surface area contributed by atoms with Crippen LogP contribution in [-0.4, -0.2) is 34.1 Å². The predicted octanol–water partition coefficient (Wildman–Crippen LogP) is 2.36. The number of carbonyl (C=O) groups excluding carboxylic acids is 1. The molecule has 2 rings (SSSR count). The number of carbonyl (C=O) groups is 1. The second kappa shape index (κ2) is 7.45. The molecule has 2 amide bonds. The molecule has 118 valence electrons. The molecule has 6 nitrogen and oxygen atoms in total. The maximum Gasteiger partial charge on any atom is 0.320 e. The molecule has 21 heavy (non-hydrogen) atoms. The van der Waals surface area contributed by atoms with Gasteiger partial charge in [-0.2, -0.15) is 5.10 Å². The lowest BCUT2D eigenvalue weighted by molar-refractivity contribution is 0.180. The second-order valence-corrected chi connectivity index (χ2v) is 5.93. The van der Waals surface area contributed by atoms with Gasteiger partial charge in [-0.3, -0.25) is 5.32 Å². The Bertz CT molecular complexity index is 452. The van der Waals surface area contributed by atoms with Gasteiger partial charge < -0.3 is 10.4 Å². The molecule has 0 atom stereocenters. The summed E-state index contributed by atoms with van der Waals surface area (Å²) in [7, 11) is 0. The van der Waals surface area contributed by atoms with Gasteiger partial charge in [-0.05, 0) is 31.1 Å². The van der Waals surface area contributed by atoms with Crippen LogP contribution in [0.3, 0.4) is 0 Å². The fraction of sp³-hybridized carbons (Fsp3) is 0.733. The van der Waals surface area contributed by atoms with E-state index in [0.29, 0.717) is 6.54 Å². The summed E-state index contributed by atoms with van der Waals surface area (Å²) in [5, 5.41) is 19.2. The molecule has 1 heterocycles. The number of hydrogen-bond donors (Lipinski definition) is 3. The van der Waals surface area contributed by atoms with E-state index in [9.17, 15) is 9.90 Å². The molecule has 0 spiro atoms. The van der Waals surface area contributed by atoms with E-state index >= 15 is 0 Å². The van der Waals surface area contributed by atoms with Gasteiger partial charge in [-0.1, -0.05) is 19.8 Å². The smallest absolute Gasteiger partial charge is 0.320 e. The zero-order valence-corrected chi connectivity index (χ0v) is 12.8. The van der Waals surface area contributed by atoms with Crippen molar-refractivity contribution in [2.45, 2.75) is 52.0 Å². The molecule has 0 unspecified atom stereocenters. The molecule has 6 heteroatoms. The van der Waals surface area contributed by atoms with Crippen molar-refractivity contribution in [2.75, 3.05) is 18.5 Å². The van der Waals surface area contributed by atoms with E-state index in [1.165, 1.54) is 12.8 Å². The minimum Gasteiger partial charge on any atom is -0.396 e. The highest BCUT2D eigenvalue weighted by molar-refractivity contribution is 5.88. The highest BCUT2D eigenvalue weighted by Crippen LogP contribution is 2.40. The number of aliphatic hydroxyl groups is 1. The van der Waals surface area contributed by atoms with Gasteiger partial charge >= 0.3 is 6.03 Å². The van der Waals surface area contributed by atoms with Gasteiger partial charge in [-0.15, -0.1) is 0 Å². The Balaban J connectivity index is 1.85. The summed E-state index contributed by atoms with van der Waals surface area (Å²) < 4.78 is 1.79. The van der Waals surface area contributed by atoms with Crippen LogP contribution >= 0.6 is 0 Å². The van der Waals surface area contributed by atoms with Crippen LogP contribution in [0.2, 0.25) is 0 Å². The molecule has 3 N–H and O–H groups in total. The average Bonchev–Trinajstić information content (AvgIpc) is 3.09. The summed E-state index contributed by atoms with van der Waals surface area (Å²) >= 11 is 0. The van der Waals surface area contributed by atoms with Crippen molar-refractivity contribution in [2.24, 2.45) is 5.41 Å². The third-order valence-corrected chi connectivity index (χ3v) is 4.32. The number of rotatable bonds is 7. The number of aromatic nitrogens is 2. The number of hydrogen-bond acceptors (Lipinski definition) is 3. The molecule has 1 aromatic heterocycles. The summed E-state index contributed by atoms with van der Waals surface area (Å²) in [6.07, 6.45) is 7.97. The summed E-state index contributed by atoms with van der Waals surface area (Å²) in [5.41, 5.74) is 0.0791. The summed E-state index contributed by atoms with van der Waals surface area (Å²) in [5.74, 6) is 0.719. The first kappa shape index (κ1) is 15.8. The number of aryl methyl sites for hydroxylation is 1. The molecule has 0 saturated heterocycles. The van der Waals surface area contributed by atoms with E-state index in [0.717, 1.165) is 38.0 Å². The van der Waals surface area contributed by atoms with Gasteiger partial charge in [0.2, 0.25) is 0 Å². The minimum absolute atomic E-state index is 0.0791. The number of amides is 2. The van der Waals surface area contributed by atoms with E-state index in [2.05, 4.69) is 22.7 Å². The first-order chi connectivity index (χ1) is 10.2. The number of urea groups is 1. The van der Waals surface area contributed by atoms with Crippen molar-refractivity contribution in [3.63, 3.8) is 0 Å². The first-order valence-electron chi connectivity index (χ1n) is 7.87. The molecular weight excluding hydrogens is 268 g/mol. The highest BCUT2D eigenvalue weighted by Gasteiger charge is 2.33. The lowest BCUT2D eigenvalue weighted by atomic mass is 9.83. The van der Waals surface area contributed by atoms with E-state index in [-0.39, 0.29) is 18.1 Å². The molecule has 0 aromatic carbocycles. The zero-order chi connectivity index (χ0) is 15.1. The van der Waals surface area contributed by atoms with Crippen molar-refractivity contribution in [3.8, 4) is 0 Å². The van der Waals surface area contributed by atoms with Crippen LogP contribution < -0.4 is 10.6 Å². The van der Waals surface area contributed by atoms with E-state index in [4.69, 9.17) is 0 Å². The maximum atomic E-state index is 12.0. The Kier molecular flexibility index (Phi) is 5.61. The van der Waals surface area contributed by atoms with Crippen molar-refractivity contribution < 1.29 is 9.90 Å². The quantitative estimate of drug-likeness (QED) is 0.722. The molecule has 1 aliphatic rings. The largest absolute Gasteiger partial charge is 0.396 e. The van der Waals surface area contributed by atoms with Gasteiger partial charge in [-0.25, -0.2) is 9.48 Å². The van der Waals surface area contributed by atoms with Gasteiger partial charge in [0.25, 0.3) is 0 Å². The normalized spacial score (nSPS) is 16.9. The lowest BCUT2D eigenvalue weighted by Gasteiger charge is -2.28. The highest BCUT2D eigenvalue weighted by atomic mass is 16.3. The summed E-state index contributed by atoms with van der Waals surface area (Å²) in [4.78, 5) is 12.0. The standard InChI is InChI=1S/C15H26N4O2/c1-2-10-19-13(5-9-17-19)18-14(21)16-12-15(8-11-20)6-3-4-7-15/h5,9,20H,2-4,6-8,10-12H2,1H3,(H2,16,18,21). The third-order valence-electron chi connectivity index (χ3n) is 4.32. The summed E-state index contributed by atoms with van der Waals surface area (Å²) in [6, 6.07) is 1.60. The summed E-state index contributed by atoms with van der Waals surface area (Å²) in [6.45, 7) is 3.68. The number of nitrogens with one attached hydrogen (secondary N) is 2. The minimum atomic E-state index is -0.197. The Labute approximate surface area is 125 Å².